The Bertz CT molecular complexity index is 1140. The summed E-state index contributed by atoms with van der Waals surface area (Å²) in [7, 11) is 0. The number of nitrogens with zero attached hydrogens (tertiary/aromatic N) is 1. The van der Waals surface area contributed by atoms with E-state index in [2.05, 4.69) is 17.2 Å². The number of carbonyl (C=O) groups is 2. The first-order valence-corrected chi connectivity index (χ1v) is 13.0. The molecule has 0 fully saturated rings. The van der Waals surface area contributed by atoms with Gasteiger partial charge in [0.05, 0.1) is 16.5 Å². The maximum atomic E-state index is 12.7. The molecule has 1 unspecified atom stereocenters. The van der Waals surface area contributed by atoms with Crippen molar-refractivity contribution in [3.05, 3.63) is 65.3 Å². The molecule has 0 radical (unpaired) electrons. The molecule has 0 aliphatic heterocycles. The second-order valence-electron chi connectivity index (χ2n) is 9.36. The highest BCUT2D eigenvalue weighted by Gasteiger charge is 2.23. The van der Waals surface area contributed by atoms with Crippen molar-refractivity contribution in [1.29, 1.82) is 0 Å². The van der Waals surface area contributed by atoms with Crippen LogP contribution < -0.4 is 10.1 Å². The number of alkyl carbamates (subject to hydrolysis) is 1. The predicted molar refractivity (Wildman–Crippen MR) is 142 cm³/mol. The second kappa shape index (κ2) is 12.5. The van der Waals surface area contributed by atoms with Gasteiger partial charge in [-0.15, -0.1) is 11.3 Å². The number of para-hydroxylation sites is 1. The minimum absolute atomic E-state index is 0.109. The van der Waals surface area contributed by atoms with E-state index >= 15 is 0 Å². The summed E-state index contributed by atoms with van der Waals surface area (Å²) in [5.41, 5.74) is 0.678. The lowest BCUT2D eigenvalue weighted by atomic mass is 10.1. The van der Waals surface area contributed by atoms with E-state index in [0.29, 0.717) is 18.0 Å². The fourth-order valence-corrected chi connectivity index (χ4v) is 4.56. The summed E-state index contributed by atoms with van der Waals surface area (Å²) >= 11 is 1.49. The average molecular weight is 511 g/mol. The molecular formula is C28H34N2O5S. The van der Waals surface area contributed by atoms with Crippen LogP contribution in [0.1, 0.15) is 68.9 Å². The number of hydrogen-bond donors (Lipinski definition) is 1. The Hall–Kier alpha value is -3.39. The van der Waals surface area contributed by atoms with E-state index in [1.165, 1.54) is 11.3 Å². The van der Waals surface area contributed by atoms with Crippen LogP contribution >= 0.6 is 11.3 Å². The first kappa shape index (κ1) is 27.2. The first-order chi connectivity index (χ1) is 17.2. The molecule has 1 atom stereocenters. The SMILES string of the molecule is CCOC(=O)c1nc(C(C)CCCNC(=O)OC(C)(C)C)sc1-c1ccc(Oc2ccccc2)cc1. The van der Waals surface area contributed by atoms with Crippen LogP contribution in [-0.4, -0.2) is 35.8 Å². The molecule has 1 N–H and O–H groups in total. The van der Waals surface area contributed by atoms with Gasteiger partial charge in [-0.25, -0.2) is 14.6 Å². The number of hydrogen-bond acceptors (Lipinski definition) is 7. The Morgan fingerprint density at radius 3 is 2.33 bits per heavy atom. The molecule has 8 heteroatoms. The molecular weight excluding hydrogens is 476 g/mol. The van der Waals surface area contributed by atoms with Crippen molar-refractivity contribution in [2.75, 3.05) is 13.2 Å². The van der Waals surface area contributed by atoms with Crippen LogP contribution in [0.2, 0.25) is 0 Å². The number of thiazole rings is 1. The van der Waals surface area contributed by atoms with Crippen LogP contribution in [0.5, 0.6) is 11.5 Å². The monoisotopic (exact) mass is 510 g/mol. The molecule has 0 saturated carbocycles. The Balaban J connectivity index is 1.69. The van der Waals surface area contributed by atoms with Crippen LogP contribution in [0.15, 0.2) is 54.6 Å². The van der Waals surface area contributed by atoms with E-state index < -0.39 is 17.7 Å². The van der Waals surface area contributed by atoms with Crippen LogP contribution in [0.4, 0.5) is 4.79 Å². The van der Waals surface area contributed by atoms with E-state index in [4.69, 9.17) is 14.2 Å². The van der Waals surface area contributed by atoms with Gasteiger partial charge in [0.15, 0.2) is 5.69 Å². The zero-order valence-electron chi connectivity index (χ0n) is 21.5. The highest BCUT2D eigenvalue weighted by Crippen LogP contribution is 2.36. The fourth-order valence-electron chi connectivity index (χ4n) is 3.42. The molecule has 1 aromatic heterocycles. The van der Waals surface area contributed by atoms with Crippen molar-refractivity contribution >= 4 is 23.4 Å². The quantitative estimate of drug-likeness (QED) is 0.229. The van der Waals surface area contributed by atoms with Crippen molar-refractivity contribution < 1.29 is 23.8 Å². The second-order valence-corrected chi connectivity index (χ2v) is 10.4. The summed E-state index contributed by atoms with van der Waals surface area (Å²) in [6.07, 6.45) is 1.14. The summed E-state index contributed by atoms with van der Waals surface area (Å²) in [5.74, 6) is 1.14. The summed E-state index contributed by atoms with van der Waals surface area (Å²) in [6, 6.07) is 17.2. The van der Waals surface area contributed by atoms with Gasteiger partial charge >= 0.3 is 12.1 Å². The van der Waals surface area contributed by atoms with E-state index in [1.807, 2.05) is 75.4 Å². The highest BCUT2D eigenvalue weighted by atomic mass is 32.1. The lowest BCUT2D eigenvalue weighted by molar-refractivity contribution is 0.0512. The number of esters is 1. The Morgan fingerprint density at radius 1 is 1.03 bits per heavy atom. The van der Waals surface area contributed by atoms with E-state index in [9.17, 15) is 9.59 Å². The highest BCUT2D eigenvalue weighted by molar-refractivity contribution is 7.15. The van der Waals surface area contributed by atoms with Crippen molar-refractivity contribution in [2.24, 2.45) is 0 Å². The van der Waals surface area contributed by atoms with Gasteiger partial charge in [0.2, 0.25) is 0 Å². The number of amides is 1. The van der Waals surface area contributed by atoms with Gasteiger partial charge < -0.3 is 19.5 Å². The maximum absolute atomic E-state index is 12.7. The molecule has 36 heavy (non-hydrogen) atoms. The number of ether oxygens (including phenoxy) is 3. The van der Waals surface area contributed by atoms with E-state index in [0.717, 1.165) is 34.0 Å². The van der Waals surface area contributed by atoms with E-state index in [1.54, 1.807) is 6.92 Å². The zero-order valence-corrected chi connectivity index (χ0v) is 22.3. The Labute approximate surface area is 216 Å². The largest absolute Gasteiger partial charge is 0.461 e. The molecule has 7 nitrogen and oxygen atoms in total. The van der Waals surface area contributed by atoms with Gasteiger partial charge in [-0.2, -0.15) is 0 Å². The van der Waals surface area contributed by atoms with Gasteiger partial charge in [0.1, 0.15) is 17.1 Å². The van der Waals surface area contributed by atoms with Crippen LogP contribution in [0.3, 0.4) is 0 Å². The first-order valence-electron chi connectivity index (χ1n) is 12.1. The molecule has 2 aromatic carbocycles. The van der Waals surface area contributed by atoms with Crippen molar-refractivity contribution in [3.8, 4) is 21.9 Å². The van der Waals surface area contributed by atoms with Crippen LogP contribution in [-0.2, 0) is 9.47 Å². The summed E-state index contributed by atoms with van der Waals surface area (Å²) < 4.78 is 16.4. The van der Waals surface area contributed by atoms with Crippen LogP contribution in [0, 0.1) is 0 Å². The van der Waals surface area contributed by atoms with Gasteiger partial charge in [0, 0.05) is 12.5 Å². The molecule has 0 saturated heterocycles. The zero-order chi connectivity index (χ0) is 26.1. The van der Waals surface area contributed by atoms with Gasteiger partial charge in [-0.05, 0) is 82.5 Å². The number of rotatable bonds is 10. The molecule has 1 heterocycles. The molecule has 0 bridgehead atoms. The van der Waals surface area contributed by atoms with Gasteiger partial charge in [-0.3, -0.25) is 0 Å². The fraction of sp³-hybridized carbons (Fsp3) is 0.393. The third kappa shape index (κ3) is 8.09. The van der Waals surface area contributed by atoms with Crippen molar-refractivity contribution in [1.82, 2.24) is 10.3 Å². The van der Waals surface area contributed by atoms with Crippen molar-refractivity contribution in [2.45, 2.75) is 59.0 Å². The molecule has 0 aliphatic rings. The molecule has 0 spiro atoms. The summed E-state index contributed by atoms with van der Waals surface area (Å²) in [5, 5.41) is 3.64. The third-order valence-electron chi connectivity index (χ3n) is 5.11. The van der Waals surface area contributed by atoms with Gasteiger partial charge in [0.25, 0.3) is 0 Å². The van der Waals surface area contributed by atoms with Gasteiger partial charge in [-0.1, -0.05) is 25.1 Å². The predicted octanol–water partition coefficient (Wildman–Crippen LogP) is 7.19. The molecule has 192 valence electrons. The molecule has 3 rings (SSSR count). The minimum atomic E-state index is -0.524. The molecule has 0 aliphatic carbocycles. The van der Waals surface area contributed by atoms with E-state index in [-0.39, 0.29) is 12.5 Å². The summed E-state index contributed by atoms with van der Waals surface area (Å²) in [6.45, 7) is 10.1. The number of aromatic nitrogens is 1. The lowest BCUT2D eigenvalue weighted by Crippen LogP contribution is -2.33. The third-order valence-corrected chi connectivity index (χ3v) is 6.45. The number of carbonyl (C=O) groups excluding carboxylic acids is 2. The summed E-state index contributed by atoms with van der Waals surface area (Å²) in [4.78, 5) is 29.9. The normalized spacial score (nSPS) is 12.0. The smallest absolute Gasteiger partial charge is 0.407 e. The average Bonchev–Trinajstić information content (AvgIpc) is 3.28. The Kier molecular flexibility index (Phi) is 9.47. The minimum Gasteiger partial charge on any atom is -0.461 e. The maximum Gasteiger partial charge on any atom is 0.407 e. The Morgan fingerprint density at radius 2 is 1.69 bits per heavy atom. The topological polar surface area (TPSA) is 86.8 Å². The molecule has 3 aromatic rings. The number of nitrogens with one attached hydrogen (secondary N) is 1. The van der Waals surface area contributed by atoms with Crippen molar-refractivity contribution in [3.63, 3.8) is 0 Å². The lowest BCUT2D eigenvalue weighted by Gasteiger charge is -2.19. The van der Waals surface area contributed by atoms with Crippen LogP contribution in [0.25, 0.3) is 10.4 Å². The number of benzene rings is 2. The standard InChI is InChI=1S/C28H34N2O5S/c1-6-33-26(31)23-24(20-14-16-22(17-15-20)34-21-12-8-7-9-13-21)36-25(30-23)19(2)11-10-18-29-27(32)35-28(3,4)5/h7-9,12-17,19H,6,10-11,18H2,1-5H3,(H,29,32). The molecule has 1 amide bonds.